The highest BCUT2D eigenvalue weighted by molar-refractivity contribution is 5.33. The summed E-state index contributed by atoms with van der Waals surface area (Å²) in [5, 5.41) is 3.41. The van der Waals surface area contributed by atoms with Gasteiger partial charge < -0.3 is 10.1 Å². The molecule has 1 aromatic carbocycles. The number of rotatable bonds is 3. The van der Waals surface area contributed by atoms with Crippen molar-refractivity contribution in [3.8, 4) is 5.75 Å². The van der Waals surface area contributed by atoms with Crippen LogP contribution in [0.3, 0.4) is 0 Å². The summed E-state index contributed by atoms with van der Waals surface area (Å²) >= 11 is 0. The van der Waals surface area contributed by atoms with Crippen LogP contribution in [0, 0.1) is 31.6 Å². The molecular weight excluding hydrogens is 198 g/mol. The van der Waals surface area contributed by atoms with Gasteiger partial charge in [0.2, 0.25) is 0 Å². The predicted octanol–water partition coefficient (Wildman–Crippen LogP) is 2.15. The zero-order valence-electron chi connectivity index (χ0n) is 9.99. The summed E-state index contributed by atoms with van der Waals surface area (Å²) in [5.74, 6) is 3.63. The van der Waals surface area contributed by atoms with E-state index in [2.05, 4.69) is 37.4 Å². The molecule has 0 aromatic heterocycles. The Kier molecular flexibility index (Phi) is 2.40. The molecule has 1 aliphatic carbocycles. The lowest BCUT2D eigenvalue weighted by molar-refractivity contribution is 0.280. The molecule has 1 aliphatic heterocycles. The van der Waals surface area contributed by atoms with Crippen molar-refractivity contribution in [2.75, 3.05) is 19.7 Å². The first-order valence-electron chi connectivity index (χ1n) is 6.16. The van der Waals surface area contributed by atoms with Gasteiger partial charge in [0, 0.05) is 5.92 Å². The summed E-state index contributed by atoms with van der Waals surface area (Å²) < 4.78 is 5.87. The first-order valence-corrected chi connectivity index (χ1v) is 6.16. The lowest BCUT2D eigenvalue weighted by Crippen LogP contribution is -2.17. The van der Waals surface area contributed by atoms with Gasteiger partial charge in [-0.2, -0.15) is 0 Å². The van der Waals surface area contributed by atoms with Crippen LogP contribution < -0.4 is 10.1 Å². The maximum absolute atomic E-state index is 5.87. The molecule has 0 amide bonds. The number of fused-ring (bicyclic) bond motifs is 1. The van der Waals surface area contributed by atoms with E-state index < -0.39 is 0 Å². The number of hydrogen-bond donors (Lipinski definition) is 1. The summed E-state index contributed by atoms with van der Waals surface area (Å²) in [6, 6.07) is 6.37. The van der Waals surface area contributed by atoms with E-state index >= 15 is 0 Å². The largest absolute Gasteiger partial charge is 0.493 e. The Morgan fingerprint density at radius 1 is 1.19 bits per heavy atom. The number of hydrogen-bond acceptors (Lipinski definition) is 2. The molecule has 2 nitrogen and oxygen atoms in total. The standard InChI is InChI=1S/C14H19NO/c1-9-3-4-11(5-10(9)2)16-8-14-12-6-15-7-13(12)14/h3-5,12-15H,6-8H2,1-2H3. The minimum atomic E-state index is 0.808. The molecule has 2 fully saturated rings. The van der Waals surface area contributed by atoms with Gasteiger partial charge in [0.05, 0.1) is 6.61 Å². The van der Waals surface area contributed by atoms with Crippen molar-refractivity contribution < 1.29 is 4.74 Å². The average molecular weight is 217 g/mol. The molecule has 1 saturated carbocycles. The Labute approximate surface area is 97.0 Å². The Hall–Kier alpha value is -1.02. The van der Waals surface area contributed by atoms with Gasteiger partial charge in [-0.3, -0.25) is 0 Å². The molecule has 2 atom stereocenters. The van der Waals surface area contributed by atoms with E-state index in [1.807, 2.05) is 0 Å². The summed E-state index contributed by atoms with van der Waals surface area (Å²) in [6.45, 7) is 7.57. The summed E-state index contributed by atoms with van der Waals surface area (Å²) in [6.07, 6.45) is 0. The van der Waals surface area contributed by atoms with Crippen LogP contribution in [-0.4, -0.2) is 19.7 Å². The first-order chi connectivity index (χ1) is 7.75. The van der Waals surface area contributed by atoms with Crippen LogP contribution in [0.15, 0.2) is 18.2 Å². The summed E-state index contributed by atoms with van der Waals surface area (Å²) in [4.78, 5) is 0. The molecule has 1 aromatic rings. The van der Waals surface area contributed by atoms with Gasteiger partial charge in [0.25, 0.3) is 0 Å². The van der Waals surface area contributed by atoms with E-state index in [0.29, 0.717) is 0 Å². The van der Waals surface area contributed by atoms with E-state index in [1.165, 1.54) is 24.2 Å². The maximum Gasteiger partial charge on any atom is 0.119 e. The molecule has 16 heavy (non-hydrogen) atoms. The van der Waals surface area contributed by atoms with Crippen LogP contribution in [0.2, 0.25) is 0 Å². The van der Waals surface area contributed by atoms with Gasteiger partial charge >= 0.3 is 0 Å². The van der Waals surface area contributed by atoms with Crippen molar-refractivity contribution in [2.24, 2.45) is 17.8 Å². The van der Waals surface area contributed by atoms with Gasteiger partial charge in [-0.05, 0) is 62.0 Å². The van der Waals surface area contributed by atoms with Crippen molar-refractivity contribution >= 4 is 0 Å². The number of piperidine rings is 1. The summed E-state index contributed by atoms with van der Waals surface area (Å²) in [7, 11) is 0. The molecule has 86 valence electrons. The van der Waals surface area contributed by atoms with Crippen molar-refractivity contribution in [2.45, 2.75) is 13.8 Å². The first kappa shape index (κ1) is 10.2. The highest BCUT2D eigenvalue weighted by Crippen LogP contribution is 2.48. The number of benzene rings is 1. The average Bonchev–Trinajstić information content (AvgIpc) is 2.72. The topological polar surface area (TPSA) is 21.3 Å². The van der Waals surface area contributed by atoms with Gasteiger partial charge in [-0.25, -0.2) is 0 Å². The molecule has 2 heteroatoms. The van der Waals surface area contributed by atoms with Crippen LogP contribution in [0.5, 0.6) is 5.75 Å². The van der Waals surface area contributed by atoms with Crippen LogP contribution >= 0.6 is 0 Å². The Morgan fingerprint density at radius 3 is 2.62 bits per heavy atom. The van der Waals surface area contributed by atoms with Crippen LogP contribution in [-0.2, 0) is 0 Å². The number of aryl methyl sites for hydroxylation is 2. The van der Waals surface area contributed by atoms with E-state index in [4.69, 9.17) is 4.74 Å². The lowest BCUT2D eigenvalue weighted by atomic mass is 10.1. The SMILES string of the molecule is Cc1ccc(OCC2C3CNCC32)cc1C. The molecule has 0 radical (unpaired) electrons. The van der Waals surface area contributed by atoms with Crippen molar-refractivity contribution in [1.29, 1.82) is 0 Å². The van der Waals surface area contributed by atoms with Crippen LogP contribution in [0.1, 0.15) is 11.1 Å². The third-order valence-electron chi connectivity index (χ3n) is 4.19. The van der Waals surface area contributed by atoms with Gasteiger partial charge in [0.1, 0.15) is 5.75 Å². The second-order valence-corrected chi connectivity index (χ2v) is 5.21. The molecule has 2 aliphatic rings. The van der Waals surface area contributed by atoms with E-state index in [-0.39, 0.29) is 0 Å². The van der Waals surface area contributed by atoms with Crippen molar-refractivity contribution in [1.82, 2.24) is 5.32 Å². The van der Waals surface area contributed by atoms with E-state index in [9.17, 15) is 0 Å². The van der Waals surface area contributed by atoms with Gasteiger partial charge in [0.15, 0.2) is 0 Å². The van der Waals surface area contributed by atoms with Crippen LogP contribution in [0.25, 0.3) is 0 Å². The summed E-state index contributed by atoms with van der Waals surface area (Å²) in [5.41, 5.74) is 2.65. The molecular formula is C14H19NO. The third-order valence-corrected chi connectivity index (χ3v) is 4.19. The number of nitrogens with one attached hydrogen (secondary N) is 1. The van der Waals surface area contributed by atoms with E-state index in [1.54, 1.807) is 0 Å². The third kappa shape index (κ3) is 1.71. The fourth-order valence-corrected chi connectivity index (χ4v) is 2.79. The molecule has 1 heterocycles. The van der Waals surface area contributed by atoms with Crippen molar-refractivity contribution in [3.63, 3.8) is 0 Å². The zero-order valence-corrected chi connectivity index (χ0v) is 9.99. The monoisotopic (exact) mass is 217 g/mol. The second-order valence-electron chi connectivity index (χ2n) is 5.21. The fourth-order valence-electron chi connectivity index (χ4n) is 2.79. The molecule has 3 rings (SSSR count). The lowest BCUT2D eigenvalue weighted by Gasteiger charge is -2.09. The minimum absolute atomic E-state index is 0.808. The smallest absolute Gasteiger partial charge is 0.119 e. The molecule has 1 saturated heterocycles. The van der Waals surface area contributed by atoms with E-state index in [0.717, 1.165) is 30.1 Å². The predicted molar refractivity (Wildman–Crippen MR) is 64.8 cm³/mol. The van der Waals surface area contributed by atoms with Crippen molar-refractivity contribution in [3.05, 3.63) is 29.3 Å². The number of ether oxygens (including phenoxy) is 1. The normalized spacial score (nSPS) is 31.2. The molecule has 2 unspecified atom stereocenters. The minimum Gasteiger partial charge on any atom is -0.493 e. The quantitative estimate of drug-likeness (QED) is 0.837. The van der Waals surface area contributed by atoms with Crippen LogP contribution in [0.4, 0.5) is 0 Å². The maximum atomic E-state index is 5.87. The molecule has 0 spiro atoms. The Bertz CT molecular complexity index is 392. The Morgan fingerprint density at radius 2 is 1.94 bits per heavy atom. The molecule has 1 N–H and O–H groups in total. The van der Waals surface area contributed by atoms with Gasteiger partial charge in [-0.1, -0.05) is 6.07 Å². The molecule has 0 bridgehead atoms. The zero-order chi connectivity index (χ0) is 11.1. The highest BCUT2D eigenvalue weighted by atomic mass is 16.5. The second kappa shape index (κ2) is 3.77. The fraction of sp³-hybridized carbons (Fsp3) is 0.571. The van der Waals surface area contributed by atoms with Gasteiger partial charge in [-0.15, -0.1) is 0 Å². The Balaban J connectivity index is 1.57. The highest BCUT2D eigenvalue weighted by Gasteiger charge is 2.52.